The number of nitrogens with zero attached hydrogens (tertiary/aromatic N) is 4. The first-order valence-corrected chi connectivity index (χ1v) is 11.6. The fraction of sp³-hybridized carbons (Fsp3) is 0.320. The summed E-state index contributed by atoms with van der Waals surface area (Å²) in [5.74, 6) is 0.0538. The quantitative estimate of drug-likeness (QED) is 0.518. The first-order chi connectivity index (χ1) is 16.4. The number of nitrogens with two attached hydrogens (primary N) is 2. The Labute approximate surface area is 202 Å². The standard InChI is InChI=1S/C25H26ClFN6O/c26-21-18(5-8-30-23(21)29)19(27)11-16-13-31-24(20(14-34)32-16)33-9-6-25(7-10-33)12-15-3-1-2-4-17(15)22(25)28/h1-5,8,11,13,22,34H,6-7,9-10,12,14,28H2,(H2,29,30)/b19-11+/t22-/m1/s1. The van der Waals surface area contributed by atoms with Crippen LogP contribution < -0.4 is 16.4 Å². The number of aliphatic hydroxyl groups excluding tert-OH is 1. The van der Waals surface area contributed by atoms with E-state index in [4.69, 9.17) is 23.1 Å². The number of fused-ring (bicyclic) bond motifs is 1. The van der Waals surface area contributed by atoms with Gasteiger partial charge in [0, 0.05) is 37.0 Å². The summed E-state index contributed by atoms with van der Waals surface area (Å²) in [6, 6.07) is 9.89. The topological polar surface area (TPSA) is 114 Å². The van der Waals surface area contributed by atoms with Gasteiger partial charge in [-0.25, -0.2) is 19.3 Å². The Hall–Kier alpha value is -3.07. The number of rotatable bonds is 4. The van der Waals surface area contributed by atoms with E-state index in [-0.39, 0.29) is 40.2 Å². The van der Waals surface area contributed by atoms with Crippen LogP contribution >= 0.6 is 11.6 Å². The lowest BCUT2D eigenvalue weighted by Gasteiger charge is -2.42. The van der Waals surface area contributed by atoms with Crippen molar-refractivity contribution in [1.82, 2.24) is 15.0 Å². The number of anilines is 2. The van der Waals surface area contributed by atoms with Crippen LogP contribution in [-0.4, -0.2) is 33.1 Å². The van der Waals surface area contributed by atoms with Crippen LogP contribution in [-0.2, 0) is 13.0 Å². The van der Waals surface area contributed by atoms with Crippen LogP contribution in [0.2, 0.25) is 5.02 Å². The second kappa shape index (κ2) is 8.94. The molecule has 1 fully saturated rings. The smallest absolute Gasteiger partial charge is 0.152 e. The van der Waals surface area contributed by atoms with Gasteiger partial charge in [-0.2, -0.15) is 0 Å². The molecule has 176 valence electrons. The number of pyridine rings is 1. The molecule has 1 aromatic carbocycles. The van der Waals surface area contributed by atoms with Gasteiger partial charge in [-0.05, 0) is 41.9 Å². The Morgan fingerprint density at radius 2 is 2.00 bits per heavy atom. The lowest BCUT2D eigenvalue weighted by atomic mass is 9.73. The minimum Gasteiger partial charge on any atom is -0.390 e. The van der Waals surface area contributed by atoms with Gasteiger partial charge in [0.05, 0.1) is 23.5 Å². The number of aliphatic hydroxyl groups is 1. The molecular weight excluding hydrogens is 455 g/mol. The van der Waals surface area contributed by atoms with E-state index in [1.807, 2.05) is 6.07 Å². The maximum Gasteiger partial charge on any atom is 0.152 e. The molecule has 0 amide bonds. The first kappa shape index (κ1) is 22.7. The highest BCUT2D eigenvalue weighted by atomic mass is 35.5. The molecule has 9 heteroatoms. The van der Waals surface area contributed by atoms with Gasteiger partial charge in [0.25, 0.3) is 0 Å². The average molecular weight is 481 g/mol. The van der Waals surface area contributed by atoms with Gasteiger partial charge in [0.15, 0.2) is 5.82 Å². The Kier molecular flexibility index (Phi) is 5.97. The molecule has 1 atom stereocenters. The fourth-order valence-electron chi connectivity index (χ4n) is 5.20. The molecule has 5 N–H and O–H groups in total. The Bertz CT molecular complexity index is 1260. The molecule has 0 bridgehead atoms. The number of piperidine rings is 1. The number of aromatic nitrogens is 3. The molecule has 0 saturated carbocycles. The summed E-state index contributed by atoms with van der Waals surface area (Å²) in [6.07, 6.45) is 6.93. The van der Waals surface area contributed by atoms with Crippen LogP contribution in [0.1, 0.15) is 47.0 Å². The van der Waals surface area contributed by atoms with Gasteiger partial charge in [-0.15, -0.1) is 0 Å². The zero-order valence-electron chi connectivity index (χ0n) is 18.6. The van der Waals surface area contributed by atoms with Crippen molar-refractivity contribution < 1.29 is 9.50 Å². The molecule has 1 saturated heterocycles. The number of halogens is 2. The monoisotopic (exact) mass is 480 g/mol. The number of benzene rings is 1. The zero-order valence-corrected chi connectivity index (χ0v) is 19.3. The van der Waals surface area contributed by atoms with Crippen molar-refractivity contribution in [3.63, 3.8) is 0 Å². The SMILES string of the molecule is Nc1nccc(/C(F)=C\c2cnc(N3CCC4(CC3)Cc3ccccc3[C@H]4N)c(CO)n2)c1Cl. The lowest BCUT2D eigenvalue weighted by Crippen LogP contribution is -2.45. The minimum absolute atomic E-state index is 0.0267. The highest BCUT2D eigenvalue weighted by Gasteiger charge is 2.46. The van der Waals surface area contributed by atoms with E-state index in [9.17, 15) is 9.50 Å². The molecule has 0 radical (unpaired) electrons. The fourth-order valence-corrected chi connectivity index (χ4v) is 5.40. The summed E-state index contributed by atoms with van der Waals surface area (Å²) in [4.78, 5) is 14.9. The normalized spacial score (nSPS) is 19.5. The van der Waals surface area contributed by atoms with Crippen molar-refractivity contribution in [2.24, 2.45) is 11.1 Å². The van der Waals surface area contributed by atoms with Crippen molar-refractivity contribution in [3.8, 4) is 0 Å². The van der Waals surface area contributed by atoms with E-state index < -0.39 is 5.83 Å². The summed E-state index contributed by atoms with van der Waals surface area (Å²) in [6.45, 7) is 1.22. The van der Waals surface area contributed by atoms with E-state index in [0.717, 1.165) is 32.4 Å². The molecule has 1 aliphatic carbocycles. The van der Waals surface area contributed by atoms with Crippen LogP contribution in [0.5, 0.6) is 0 Å². The van der Waals surface area contributed by atoms with Crippen LogP contribution in [0.3, 0.4) is 0 Å². The van der Waals surface area contributed by atoms with Crippen molar-refractivity contribution in [1.29, 1.82) is 0 Å². The number of nitrogen functional groups attached to an aromatic ring is 1. The zero-order chi connectivity index (χ0) is 23.9. The van der Waals surface area contributed by atoms with Crippen molar-refractivity contribution in [2.75, 3.05) is 23.7 Å². The average Bonchev–Trinajstić information content (AvgIpc) is 3.12. The molecule has 2 aromatic heterocycles. The third-order valence-electron chi connectivity index (χ3n) is 7.09. The van der Waals surface area contributed by atoms with Crippen molar-refractivity contribution >= 4 is 35.1 Å². The predicted octanol–water partition coefficient (Wildman–Crippen LogP) is 3.91. The van der Waals surface area contributed by atoms with Crippen LogP contribution in [0.25, 0.3) is 11.9 Å². The van der Waals surface area contributed by atoms with E-state index in [1.54, 1.807) is 0 Å². The van der Waals surface area contributed by atoms with E-state index in [0.29, 0.717) is 11.5 Å². The number of hydrogen-bond acceptors (Lipinski definition) is 7. The largest absolute Gasteiger partial charge is 0.390 e. The Morgan fingerprint density at radius 1 is 1.24 bits per heavy atom. The highest BCUT2D eigenvalue weighted by molar-refractivity contribution is 6.34. The van der Waals surface area contributed by atoms with Gasteiger partial charge < -0.3 is 21.5 Å². The van der Waals surface area contributed by atoms with Crippen LogP contribution in [0, 0.1) is 5.41 Å². The molecule has 3 aromatic rings. The van der Waals surface area contributed by atoms with E-state index >= 15 is 0 Å². The summed E-state index contributed by atoms with van der Waals surface area (Å²) in [5, 5.41) is 10.0. The maximum absolute atomic E-state index is 14.8. The molecule has 5 rings (SSSR count). The number of hydrogen-bond donors (Lipinski definition) is 3. The molecule has 2 aliphatic rings. The summed E-state index contributed by atoms with van der Waals surface area (Å²) in [5.41, 5.74) is 15.8. The minimum atomic E-state index is -0.611. The third kappa shape index (κ3) is 3.91. The second-order valence-electron chi connectivity index (χ2n) is 8.98. The van der Waals surface area contributed by atoms with E-state index in [1.165, 1.54) is 35.7 Å². The first-order valence-electron chi connectivity index (χ1n) is 11.2. The molecule has 3 heterocycles. The van der Waals surface area contributed by atoms with Crippen molar-refractivity contribution in [3.05, 3.63) is 75.8 Å². The van der Waals surface area contributed by atoms with Gasteiger partial charge in [-0.3, -0.25) is 0 Å². The summed E-state index contributed by atoms with van der Waals surface area (Å²) < 4.78 is 14.8. The Morgan fingerprint density at radius 3 is 2.74 bits per heavy atom. The van der Waals surface area contributed by atoms with Gasteiger partial charge in [-0.1, -0.05) is 35.9 Å². The van der Waals surface area contributed by atoms with Gasteiger partial charge >= 0.3 is 0 Å². The summed E-state index contributed by atoms with van der Waals surface area (Å²) >= 11 is 6.07. The predicted molar refractivity (Wildman–Crippen MR) is 132 cm³/mol. The molecule has 0 unspecified atom stereocenters. The van der Waals surface area contributed by atoms with Crippen LogP contribution in [0.4, 0.5) is 16.0 Å². The molecule has 1 spiro atoms. The van der Waals surface area contributed by atoms with Gasteiger partial charge in [0.1, 0.15) is 17.3 Å². The molecular formula is C25H26ClFN6O. The Balaban J connectivity index is 1.34. The highest BCUT2D eigenvalue weighted by Crippen LogP contribution is 2.51. The third-order valence-corrected chi connectivity index (χ3v) is 7.49. The van der Waals surface area contributed by atoms with E-state index in [2.05, 4.69) is 38.1 Å². The van der Waals surface area contributed by atoms with Crippen LogP contribution in [0.15, 0.2) is 42.7 Å². The molecule has 7 nitrogen and oxygen atoms in total. The molecule has 1 aliphatic heterocycles. The second-order valence-corrected chi connectivity index (χ2v) is 9.35. The lowest BCUT2D eigenvalue weighted by molar-refractivity contribution is 0.186. The van der Waals surface area contributed by atoms with Crippen molar-refractivity contribution in [2.45, 2.75) is 31.9 Å². The van der Waals surface area contributed by atoms with Gasteiger partial charge in [0.2, 0.25) is 0 Å². The summed E-state index contributed by atoms with van der Waals surface area (Å²) in [7, 11) is 0. The maximum atomic E-state index is 14.8. The molecule has 34 heavy (non-hydrogen) atoms.